The molecular formula is C11H12BrN3O2. The topological polar surface area (TPSA) is 68.1 Å². The monoisotopic (exact) mass is 297 g/mol. The Morgan fingerprint density at radius 3 is 2.94 bits per heavy atom. The number of nitrogens with one attached hydrogen (secondary N) is 1. The van der Waals surface area contributed by atoms with E-state index in [1.807, 2.05) is 0 Å². The molecular weight excluding hydrogens is 286 g/mol. The van der Waals surface area contributed by atoms with Gasteiger partial charge < -0.3 is 5.32 Å². The van der Waals surface area contributed by atoms with Crippen molar-refractivity contribution in [1.29, 1.82) is 0 Å². The number of hydrogen-bond acceptors (Lipinski definition) is 4. The number of nitro groups is 1. The molecule has 1 N–H and O–H groups in total. The van der Waals surface area contributed by atoms with Gasteiger partial charge in [-0.2, -0.15) is 0 Å². The summed E-state index contributed by atoms with van der Waals surface area (Å²) in [5.41, 5.74) is 0.527. The molecule has 0 aromatic carbocycles. The highest BCUT2D eigenvalue weighted by molar-refractivity contribution is 9.10. The highest BCUT2D eigenvalue weighted by Gasteiger charge is 2.20. The molecule has 0 bridgehead atoms. The molecule has 1 aliphatic rings. The molecule has 0 aliphatic heterocycles. The van der Waals surface area contributed by atoms with Gasteiger partial charge in [0.05, 0.1) is 9.40 Å². The minimum absolute atomic E-state index is 0.00827. The zero-order chi connectivity index (χ0) is 12.3. The normalized spacial score (nSPS) is 19.0. The van der Waals surface area contributed by atoms with Gasteiger partial charge in [0.25, 0.3) is 0 Å². The quantitative estimate of drug-likeness (QED) is 0.528. The van der Waals surface area contributed by atoms with Gasteiger partial charge in [-0.05, 0) is 35.2 Å². The van der Waals surface area contributed by atoms with Crippen molar-refractivity contribution in [1.82, 2.24) is 4.98 Å². The summed E-state index contributed by atoms with van der Waals surface area (Å²) in [5.74, 6) is 0. The molecule has 2 rings (SSSR count). The molecule has 1 heterocycles. The number of rotatable bonds is 3. The lowest BCUT2D eigenvalue weighted by atomic mass is 10.0. The molecule has 1 aromatic rings. The Bertz CT molecular complexity index is 462. The summed E-state index contributed by atoms with van der Waals surface area (Å²) >= 11 is 3.29. The predicted molar refractivity (Wildman–Crippen MR) is 69.0 cm³/mol. The average molecular weight is 298 g/mol. The summed E-state index contributed by atoms with van der Waals surface area (Å²) in [6.07, 6.45) is 9.96. The van der Waals surface area contributed by atoms with Crippen LogP contribution in [0.4, 0.5) is 11.4 Å². The van der Waals surface area contributed by atoms with Gasteiger partial charge in [0.1, 0.15) is 11.9 Å². The number of nitrogens with zero attached hydrogens (tertiary/aromatic N) is 2. The number of halogens is 1. The number of allylic oxidation sites excluding steroid dienone is 1. The third-order valence-corrected chi connectivity index (χ3v) is 3.30. The van der Waals surface area contributed by atoms with E-state index in [0.717, 1.165) is 19.3 Å². The SMILES string of the molecule is O=[N+]([O-])c1cncc(Br)c1NC1CC=CCC1. The summed E-state index contributed by atoms with van der Waals surface area (Å²) in [6.45, 7) is 0. The lowest BCUT2D eigenvalue weighted by Gasteiger charge is -2.20. The second-order valence-corrected chi connectivity index (χ2v) is 4.75. The zero-order valence-electron chi connectivity index (χ0n) is 9.10. The van der Waals surface area contributed by atoms with Gasteiger partial charge in [-0.1, -0.05) is 12.2 Å². The molecule has 5 nitrogen and oxygen atoms in total. The van der Waals surface area contributed by atoms with Crippen molar-refractivity contribution in [2.24, 2.45) is 0 Å². The van der Waals surface area contributed by atoms with Gasteiger partial charge >= 0.3 is 5.69 Å². The molecule has 0 saturated carbocycles. The minimum atomic E-state index is -0.418. The van der Waals surface area contributed by atoms with Crippen LogP contribution in [0.15, 0.2) is 29.0 Å². The number of aromatic nitrogens is 1. The average Bonchev–Trinajstić information content (AvgIpc) is 2.33. The molecule has 0 spiro atoms. The largest absolute Gasteiger partial charge is 0.375 e. The van der Waals surface area contributed by atoms with Gasteiger partial charge in [-0.25, -0.2) is 0 Å². The molecule has 6 heteroatoms. The van der Waals surface area contributed by atoms with E-state index < -0.39 is 4.92 Å². The van der Waals surface area contributed by atoms with Crippen molar-refractivity contribution in [2.45, 2.75) is 25.3 Å². The first-order valence-corrected chi connectivity index (χ1v) is 6.17. The molecule has 0 fully saturated rings. The highest BCUT2D eigenvalue weighted by Crippen LogP contribution is 2.32. The minimum Gasteiger partial charge on any atom is -0.375 e. The Balaban J connectivity index is 2.24. The van der Waals surface area contributed by atoms with Crippen LogP contribution < -0.4 is 5.32 Å². The van der Waals surface area contributed by atoms with Gasteiger partial charge in [-0.3, -0.25) is 15.1 Å². The van der Waals surface area contributed by atoms with E-state index in [4.69, 9.17) is 0 Å². The van der Waals surface area contributed by atoms with Crippen molar-refractivity contribution >= 4 is 27.3 Å². The maximum Gasteiger partial charge on any atom is 0.311 e. The van der Waals surface area contributed by atoms with E-state index in [2.05, 4.69) is 38.4 Å². The summed E-state index contributed by atoms with van der Waals surface area (Å²) in [4.78, 5) is 14.3. The van der Waals surface area contributed by atoms with Crippen LogP contribution in [-0.2, 0) is 0 Å². The summed E-state index contributed by atoms with van der Waals surface area (Å²) in [7, 11) is 0. The van der Waals surface area contributed by atoms with E-state index >= 15 is 0 Å². The van der Waals surface area contributed by atoms with Crippen LogP contribution in [0.25, 0.3) is 0 Å². The first-order chi connectivity index (χ1) is 8.18. The number of pyridine rings is 1. The van der Waals surface area contributed by atoms with Gasteiger partial charge in [-0.15, -0.1) is 0 Å². The van der Waals surface area contributed by atoms with Crippen LogP contribution in [0.3, 0.4) is 0 Å². The smallest absolute Gasteiger partial charge is 0.311 e. The maximum atomic E-state index is 10.9. The molecule has 0 amide bonds. The molecule has 0 radical (unpaired) electrons. The third kappa shape index (κ3) is 2.82. The number of anilines is 1. The standard InChI is InChI=1S/C11H12BrN3O2/c12-9-6-13-7-10(15(16)17)11(9)14-8-4-2-1-3-5-8/h1-2,6-8H,3-5H2,(H,13,14). The molecule has 90 valence electrons. The Morgan fingerprint density at radius 1 is 1.47 bits per heavy atom. The van der Waals surface area contributed by atoms with Crippen LogP contribution in [0.5, 0.6) is 0 Å². The van der Waals surface area contributed by atoms with Crippen LogP contribution in [0, 0.1) is 10.1 Å². The fraction of sp³-hybridized carbons (Fsp3) is 0.364. The van der Waals surface area contributed by atoms with Crippen molar-refractivity contribution in [3.05, 3.63) is 39.1 Å². The van der Waals surface area contributed by atoms with E-state index in [1.165, 1.54) is 6.20 Å². The van der Waals surface area contributed by atoms with Crippen LogP contribution in [-0.4, -0.2) is 15.9 Å². The summed E-state index contributed by atoms with van der Waals surface area (Å²) in [6, 6.07) is 0.248. The van der Waals surface area contributed by atoms with Crippen molar-refractivity contribution in [3.63, 3.8) is 0 Å². The second-order valence-electron chi connectivity index (χ2n) is 3.90. The Morgan fingerprint density at radius 2 is 2.29 bits per heavy atom. The van der Waals surface area contributed by atoms with Gasteiger partial charge in [0.2, 0.25) is 0 Å². The molecule has 1 aliphatic carbocycles. The van der Waals surface area contributed by atoms with Crippen molar-refractivity contribution < 1.29 is 4.92 Å². The molecule has 17 heavy (non-hydrogen) atoms. The van der Waals surface area contributed by atoms with Gasteiger partial charge in [0, 0.05) is 12.2 Å². The summed E-state index contributed by atoms with van der Waals surface area (Å²) in [5, 5.41) is 14.1. The Labute approximate surface area is 107 Å². The fourth-order valence-corrected chi connectivity index (χ4v) is 2.27. The predicted octanol–water partition coefficient (Wildman–Crippen LogP) is 3.27. The van der Waals surface area contributed by atoms with Crippen molar-refractivity contribution in [2.75, 3.05) is 5.32 Å². The first-order valence-electron chi connectivity index (χ1n) is 5.38. The second kappa shape index (κ2) is 5.27. The highest BCUT2D eigenvalue weighted by atomic mass is 79.9. The first kappa shape index (κ1) is 12.0. The Hall–Kier alpha value is -1.43. The molecule has 0 saturated heterocycles. The van der Waals surface area contributed by atoms with Crippen LogP contribution in [0.1, 0.15) is 19.3 Å². The Kier molecular flexibility index (Phi) is 3.73. The van der Waals surface area contributed by atoms with Gasteiger partial charge in [0.15, 0.2) is 0 Å². The fourth-order valence-electron chi connectivity index (χ4n) is 1.83. The molecule has 1 aromatic heterocycles. The maximum absolute atomic E-state index is 10.9. The molecule has 1 atom stereocenters. The lowest BCUT2D eigenvalue weighted by molar-refractivity contribution is -0.384. The third-order valence-electron chi connectivity index (χ3n) is 2.69. The van der Waals surface area contributed by atoms with E-state index in [9.17, 15) is 10.1 Å². The van der Waals surface area contributed by atoms with Crippen LogP contribution in [0.2, 0.25) is 0 Å². The number of hydrogen-bond donors (Lipinski definition) is 1. The lowest BCUT2D eigenvalue weighted by Crippen LogP contribution is -2.21. The van der Waals surface area contributed by atoms with E-state index in [1.54, 1.807) is 6.20 Å². The molecule has 1 unspecified atom stereocenters. The zero-order valence-corrected chi connectivity index (χ0v) is 10.7. The van der Waals surface area contributed by atoms with Crippen LogP contribution >= 0.6 is 15.9 Å². The van der Waals surface area contributed by atoms with Crippen molar-refractivity contribution in [3.8, 4) is 0 Å². The van der Waals surface area contributed by atoms with E-state index in [0.29, 0.717) is 10.2 Å². The van der Waals surface area contributed by atoms with E-state index in [-0.39, 0.29) is 11.7 Å². The summed E-state index contributed by atoms with van der Waals surface area (Å²) < 4.78 is 0.626.